The van der Waals surface area contributed by atoms with Crippen LogP contribution in [0.5, 0.6) is 0 Å². The van der Waals surface area contributed by atoms with Gasteiger partial charge in [-0.2, -0.15) is 5.26 Å². The monoisotopic (exact) mass is 333 g/mol. The molecule has 0 saturated heterocycles. The highest BCUT2D eigenvalue weighted by atomic mass is 16.1. The van der Waals surface area contributed by atoms with E-state index in [1.54, 1.807) is 0 Å². The van der Waals surface area contributed by atoms with Crippen LogP contribution in [0.1, 0.15) is 36.5 Å². The number of amides is 1. The molecule has 2 aromatic rings. The summed E-state index contributed by atoms with van der Waals surface area (Å²) >= 11 is 0. The first kappa shape index (κ1) is 18.3. The molecule has 0 fully saturated rings. The molecule has 0 spiro atoms. The molecular weight excluding hydrogens is 310 g/mol. The maximum absolute atomic E-state index is 12.3. The zero-order valence-corrected chi connectivity index (χ0v) is 15.1. The quantitative estimate of drug-likeness (QED) is 0.605. The van der Waals surface area contributed by atoms with Crippen molar-refractivity contribution in [1.29, 1.82) is 5.26 Å². The molecule has 0 unspecified atom stereocenters. The Morgan fingerprint density at radius 1 is 1.08 bits per heavy atom. The molecule has 2 rings (SSSR count). The molecule has 1 amide bonds. The van der Waals surface area contributed by atoms with Crippen LogP contribution in [0.4, 0.5) is 11.4 Å². The van der Waals surface area contributed by atoms with Gasteiger partial charge in [0, 0.05) is 17.6 Å². The van der Waals surface area contributed by atoms with Gasteiger partial charge in [0.1, 0.15) is 11.6 Å². The van der Waals surface area contributed by atoms with Crippen LogP contribution in [0, 0.1) is 25.2 Å². The molecule has 0 saturated carbocycles. The Labute approximate surface area is 149 Å². The van der Waals surface area contributed by atoms with E-state index in [0.717, 1.165) is 16.8 Å². The summed E-state index contributed by atoms with van der Waals surface area (Å²) in [6, 6.07) is 15.5. The minimum atomic E-state index is -0.432. The van der Waals surface area contributed by atoms with Gasteiger partial charge in [-0.3, -0.25) is 4.79 Å². The third-order valence-electron chi connectivity index (χ3n) is 4.04. The molecule has 2 aromatic carbocycles. The van der Waals surface area contributed by atoms with Gasteiger partial charge in [0.2, 0.25) is 0 Å². The zero-order valence-electron chi connectivity index (χ0n) is 15.1. The summed E-state index contributed by atoms with van der Waals surface area (Å²) in [6.07, 6.45) is 1.45. The van der Waals surface area contributed by atoms with Gasteiger partial charge in [-0.05, 0) is 48.6 Å². The highest BCUT2D eigenvalue weighted by Crippen LogP contribution is 2.20. The number of anilines is 2. The van der Waals surface area contributed by atoms with Crippen molar-refractivity contribution in [2.24, 2.45) is 0 Å². The lowest BCUT2D eigenvalue weighted by atomic mass is 10.0. The summed E-state index contributed by atoms with van der Waals surface area (Å²) in [5.74, 6) is -0.000553. The van der Waals surface area contributed by atoms with E-state index in [2.05, 4.69) is 24.5 Å². The van der Waals surface area contributed by atoms with Gasteiger partial charge in [-0.15, -0.1) is 0 Å². The van der Waals surface area contributed by atoms with Gasteiger partial charge < -0.3 is 10.6 Å². The Morgan fingerprint density at radius 2 is 1.68 bits per heavy atom. The third-order valence-corrected chi connectivity index (χ3v) is 4.04. The Hall–Kier alpha value is -3.06. The zero-order chi connectivity index (χ0) is 18.4. The molecule has 0 atom stereocenters. The van der Waals surface area contributed by atoms with Crippen molar-refractivity contribution >= 4 is 17.3 Å². The second kappa shape index (κ2) is 8.16. The van der Waals surface area contributed by atoms with Gasteiger partial charge in [0.05, 0.1) is 0 Å². The van der Waals surface area contributed by atoms with E-state index in [9.17, 15) is 10.1 Å². The highest BCUT2D eigenvalue weighted by molar-refractivity contribution is 6.06. The number of nitrogens with one attached hydrogen (secondary N) is 2. The van der Waals surface area contributed by atoms with E-state index in [1.165, 1.54) is 11.8 Å². The summed E-state index contributed by atoms with van der Waals surface area (Å²) in [5.41, 5.74) is 4.91. The fourth-order valence-corrected chi connectivity index (χ4v) is 2.48. The number of para-hydroxylation sites is 1. The van der Waals surface area contributed by atoms with Gasteiger partial charge >= 0.3 is 0 Å². The summed E-state index contributed by atoms with van der Waals surface area (Å²) in [6.45, 7) is 8.18. The fourth-order valence-electron chi connectivity index (χ4n) is 2.48. The first-order chi connectivity index (χ1) is 11.9. The van der Waals surface area contributed by atoms with E-state index < -0.39 is 5.91 Å². The Bertz CT molecular complexity index is 807. The van der Waals surface area contributed by atoms with Crippen LogP contribution in [0.15, 0.2) is 54.2 Å². The Morgan fingerprint density at radius 3 is 2.20 bits per heavy atom. The average molecular weight is 333 g/mol. The van der Waals surface area contributed by atoms with Crippen molar-refractivity contribution in [2.45, 2.75) is 33.6 Å². The molecular formula is C21H23N3O. The molecule has 0 radical (unpaired) electrons. The minimum Gasteiger partial charge on any atom is -0.360 e. The number of rotatable bonds is 5. The highest BCUT2D eigenvalue weighted by Gasteiger charge is 2.10. The van der Waals surface area contributed by atoms with Gasteiger partial charge in [-0.25, -0.2) is 0 Å². The van der Waals surface area contributed by atoms with Crippen molar-refractivity contribution in [1.82, 2.24) is 0 Å². The average Bonchev–Trinajstić information content (AvgIpc) is 2.58. The maximum atomic E-state index is 12.3. The van der Waals surface area contributed by atoms with Gasteiger partial charge in [0.25, 0.3) is 5.91 Å². The molecule has 0 bridgehead atoms. The summed E-state index contributed by atoms with van der Waals surface area (Å²) in [5, 5.41) is 15.1. The predicted octanol–water partition coefficient (Wildman–Crippen LogP) is 4.88. The molecule has 4 nitrogen and oxygen atoms in total. The number of hydrogen-bond donors (Lipinski definition) is 2. The largest absolute Gasteiger partial charge is 0.360 e. The topological polar surface area (TPSA) is 64.9 Å². The molecule has 2 N–H and O–H groups in total. The Kier molecular flexibility index (Phi) is 5.97. The summed E-state index contributed by atoms with van der Waals surface area (Å²) in [7, 11) is 0. The number of nitrogens with zero attached hydrogens (tertiary/aromatic N) is 1. The normalized spacial score (nSPS) is 11.1. The molecule has 0 aliphatic carbocycles. The van der Waals surface area contributed by atoms with Crippen molar-refractivity contribution in [2.75, 3.05) is 10.6 Å². The minimum absolute atomic E-state index is 0.0237. The summed E-state index contributed by atoms with van der Waals surface area (Å²) in [4.78, 5) is 12.3. The van der Waals surface area contributed by atoms with Crippen LogP contribution in [0.25, 0.3) is 0 Å². The van der Waals surface area contributed by atoms with E-state index in [4.69, 9.17) is 0 Å². The Balaban J connectivity index is 2.11. The standard InChI is InChI=1S/C21H23N3O/c1-14(2)17-8-10-19(11-9-17)24-21(25)18(12-22)13-23-20-15(3)6-5-7-16(20)4/h5-11,13-14,23H,1-4H3,(H,24,25)/b18-13-. The van der Waals surface area contributed by atoms with Crippen LogP contribution < -0.4 is 10.6 Å². The lowest BCUT2D eigenvalue weighted by molar-refractivity contribution is -0.112. The maximum Gasteiger partial charge on any atom is 0.267 e. The summed E-state index contributed by atoms with van der Waals surface area (Å²) < 4.78 is 0. The van der Waals surface area contributed by atoms with Crippen LogP contribution in [-0.4, -0.2) is 5.91 Å². The second-order valence-electron chi connectivity index (χ2n) is 6.31. The molecule has 0 aliphatic heterocycles. The van der Waals surface area contributed by atoms with Crippen LogP contribution in [0.3, 0.4) is 0 Å². The van der Waals surface area contributed by atoms with E-state index >= 15 is 0 Å². The number of hydrogen-bond acceptors (Lipinski definition) is 3. The predicted molar refractivity (Wildman–Crippen MR) is 102 cm³/mol. The van der Waals surface area contributed by atoms with Crippen molar-refractivity contribution in [3.63, 3.8) is 0 Å². The van der Waals surface area contributed by atoms with Crippen LogP contribution in [0.2, 0.25) is 0 Å². The SMILES string of the molecule is Cc1cccc(C)c1N/C=C(/C#N)C(=O)Nc1ccc(C(C)C)cc1. The molecule has 0 aliphatic rings. The second-order valence-corrected chi connectivity index (χ2v) is 6.31. The van der Waals surface area contributed by atoms with Crippen molar-refractivity contribution in [3.8, 4) is 6.07 Å². The van der Waals surface area contributed by atoms with E-state index in [1.807, 2.05) is 62.4 Å². The molecule has 4 heteroatoms. The lowest BCUT2D eigenvalue weighted by Gasteiger charge is -2.10. The molecule has 128 valence electrons. The van der Waals surface area contributed by atoms with Crippen molar-refractivity contribution in [3.05, 3.63) is 70.9 Å². The first-order valence-corrected chi connectivity index (χ1v) is 8.26. The van der Waals surface area contributed by atoms with Crippen LogP contribution >= 0.6 is 0 Å². The number of carbonyl (C=O) groups excluding carboxylic acids is 1. The smallest absolute Gasteiger partial charge is 0.267 e. The van der Waals surface area contributed by atoms with E-state index in [-0.39, 0.29) is 5.57 Å². The molecule has 25 heavy (non-hydrogen) atoms. The number of carbonyl (C=O) groups is 1. The van der Waals surface area contributed by atoms with Crippen molar-refractivity contribution < 1.29 is 4.79 Å². The fraction of sp³-hybridized carbons (Fsp3) is 0.238. The number of nitriles is 1. The lowest BCUT2D eigenvalue weighted by Crippen LogP contribution is -2.14. The first-order valence-electron chi connectivity index (χ1n) is 8.26. The molecule has 0 aromatic heterocycles. The number of aryl methyl sites for hydroxylation is 2. The third kappa shape index (κ3) is 4.71. The van der Waals surface area contributed by atoms with Crippen LogP contribution in [-0.2, 0) is 4.79 Å². The van der Waals surface area contributed by atoms with E-state index in [0.29, 0.717) is 11.6 Å². The van der Waals surface area contributed by atoms with Gasteiger partial charge in [0.15, 0.2) is 0 Å². The van der Waals surface area contributed by atoms with Gasteiger partial charge in [-0.1, -0.05) is 44.2 Å². The number of benzene rings is 2. The molecule has 0 heterocycles.